The summed E-state index contributed by atoms with van der Waals surface area (Å²) in [5.74, 6) is 0. The topological polar surface area (TPSA) is 38.9 Å². The Morgan fingerprint density at radius 2 is 2.00 bits per heavy atom. The minimum atomic E-state index is 0.470. The van der Waals surface area contributed by atoms with Gasteiger partial charge in [-0.25, -0.2) is 4.98 Å². The third-order valence-electron chi connectivity index (χ3n) is 2.18. The monoisotopic (exact) mass is 284 g/mol. The molecular weight excluding hydrogens is 275 g/mol. The molecule has 2 aromatic rings. The summed E-state index contributed by atoms with van der Waals surface area (Å²) in [6.45, 7) is 0.470. The highest BCUT2D eigenvalue weighted by Gasteiger charge is 2.06. The fourth-order valence-corrected chi connectivity index (χ4v) is 2.62. The van der Waals surface area contributed by atoms with Crippen molar-refractivity contribution in [3.05, 3.63) is 52.1 Å². The Bertz CT molecular complexity index is 532. The molecule has 2 N–H and O–H groups in total. The van der Waals surface area contributed by atoms with Crippen molar-refractivity contribution in [2.45, 2.75) is 16.5 Å². The lowest BCUT2D eigenvalue weighted by Crippen LogP contribution is -1.99. The predicted octanol–water partition coefficient (Wildman–Crippen LogP) is 4.00. The van der Waals surface area contributed by atoms with Gasteiger partial charge < -0.3 is 5.73 Å². The number of nitrogens with two attached hydrogens (primary N) is 1. The van der Waals surface area contributed by atoms with Gasteiger partial charge in [0.15, 0.2) is 0 Å². The molecule has 0 aliphatic heterocycles. The first-order valence-electron chi connectivity index (χ1n) is 4.97. The molecule has 1 aromatic heterocycles. The van der Waals surface area contributed by atoms with Crippen molar-refractivity contribution in [2.75, 3.05) is 0 Å². The first kappa shape index (κ1) is 12.7. The van der Waals surface area contributed by atoms with E-state index in [1.807, 2.05) is 24.3 Å². The van der Waals surface area contributed by atoms with E-state index in [1.54, 1.807) is 12.3 Å². The Kier molecular flexibility index (Phi) is 4.29. The summed E-state index contributed by atoms with van der Waals surface area (Å²) in [6.07, 6.45) is 1.75. The number of halogens is 2. The second kappa shape index (κ2) is 5.74. The van der Waals surface area contributed by atoms with Crippen LogP contribution in [-0.4, -0.2) is 4.98 Å². The van der Waals surface area contributed by atoms with E-state index in [0.717, 1.165) is 15.5 Å². The molecule has 1 heterocycles. The summed E-state index contributed by atoms with van der Waals surface area (Å²) in [5.41, 5.74) is 6.67. The fraction of sp³-hybridized carbons (Fsp3) is 0.0833. The number of benzene rings is 1. The lowest BCUT2D eigenvalue weighted by atomic mass is 10.3. The molecule has 0 saturated heterocycles. The molecule has 0 radical (unpaired) electrons. The van der Waals surface area contributed by atoms with Crippen LogP contribution in [-0.2, 0) is 6.54 Å². The second-order valence-corrected chi connectivity index (χ2v) is 5.23. The highest BCUT2D eigenvalue weighted by Crippen LogP contribution is 2.32. The molecule has 2 rings (SSSR count). The molecule has 5 heteroatoms. The molecule has 17 heavy (non-hydrogen) atoms. The van der Waals surface area contributed by atoms with E-state index in [1.165, 1.54) is 11.8 Å². The summed E-state index contributed by atoms with van der Waals surface area (Å²) in [7, 11) is 0. The highest BCUT2D eigenvalue weighted by molar-refractivity contribution is 7.99. The average molecular weight is 285 g/mol. The number of aromatic nitrogens is 1. The lowest BCUT2D eigenvalue weighted by Gasteiger charge is -2.06. The van der Waals surface area contributed by atoms with Crippen LogP contribution in [0.25, 0.3) is 0 Å². The summed E-state index contributed by atoms with van der Waals surface area (Å²) in [5, 5.41) is 1.99. The van der Waals surface area contributed by atoms with Gasteiger partial charge in [0.05, 0.1) is 10.0 Å². The molecule has 1 aromatic carbocycles. The van der Waals surface area contributed by atoms with Crippen molar-refractivity contribution < 1.29 is 0 Å². The summed E-state index contributed by atoms with van der Waals surface area (Å²) in [4.78, 5) is 5.30. The zero-order chi connectivity index (χ0) is 12.3. The number of rotatable bonds is 3. The van der Waals surface area contributed by atoms with E-state index >= 15 is 0 Å². The van der Waals surface area contributed by atoms with E-state index in [9.17, 15) is 0 Å². The molecule has 2 nitrogen and oxygen atoms in total. The van der Waals surface area contributed by atoms with Crippen LogP contribution in [0.1, 0.15) is 5.56 Å². The molecule has 88 valence electrons. The third-order valence-corrected chi connectivity index (χ3v) is 3.97. The number of pyridine rings is 1. The van der Waals surface area contributed by atoms with Gasteiger partial charge in [0.25, 0.3) is 0 Å². The standard InChI is InChI=1S/C12H10Cl2N2S/c13-10-4-3-9(6-11(10)14)17-12-8(7-15)2-1-5-16-12/h1-6H,7,15H2. The zero-order valence-electron chi connectivity index (χ0n) is 8.86. The zero-order valence-corrected chi connectivity index (χ0v) is 11.2. The van der Waals surface area contributed by atoms with Crippen LogP contribution in [0.15, 0.2) is 46.5 Å². The average Bonchev–Trinajstić information content (AvgIpc) is 2.34. The van der Waals surface area contributed by atoms with E-state index in [-0.39, 0.29) is 0 Å². The minimum Gasteiger partial charge on any atom is -0.326 e. The van der Waals surface area contributed by atoms with Crippen molar-refractivity contribution >= 4 is 35.0 Å². The van der Waals surface area contributed by atoms with Gasteiger partial charge >= 0.3 is 0 Å². The van der Waals surface area contributed by atoms with Gasteiger partial charge in [-0.05, 0) is 29.8 Å². The Hall–Kier alpha value is -0.740. The van der Waals surface area contributed by atoms with Crippen LogP contribution < -0.4 is 5.73 Å². The molecule has 0 atom stereocenters. The maximum absolute atomic E-state index is 5.96. The molecule has 0 fully saturated rings. The summed E-state index contributed by atoms with van der Waals surface area (Å²) < 4.78 is 0. The quantitative estimate of drug-likeness (QED) is 0.926. The number of hydrogen-bond acceptors (Lipinski definition) is 3. The van der Waals surface area contributed by atoms with E-state index in [0.29, 0.717) is 16.6 Å². The van der Waals surface area contributed by atoms with Gasteiger partial charge in [-0.15, -0.1) is 0 Å². The molecule has 0 spiro atoms. The first-order chi connectivity index (χ1) is 8.20. The SMILES string of the molecule is NCc1cccnc1Sc1ccc(Cl)c(Cl)c1. The Morgan fingerprint density at radius 1 is 1.18 bits per heavy atom. The molecule has 0 saturated carbocycles. The van der Waals surface area contributed by atoms with Gasteiger partial charge in [-0.2, -0.15) is 0 Å². The Morgan fingerprint density at radius 3 is 2.71 bits per heavy atom. The van der Waals surface area contributed by atoms with Gasteiger partial charge in [0, 0.05) is 17.6 Å². The first-order valence-corrected chi connectivity index (χ1v) is 6.55. The lowest BCUT2D eigenvalue weighted by molar-refractivity contribution is 0.963. The van der Waals surface area contributed by atoms with Gasteiger partial charge in [-0.3, -0.25) is 0 Å². The Labute approximate surface area is 114 Å². The van der Waals surface area contributed by atoms with Crippen LogP contribution >= 0.6 is 35.0 Å². The van der Waals surface area contributed by atoms with Crippen LogP contribution in [0.3, 0.4) is 0 Å². The van der Waals surface area contributed by atoms with Crippen molar-refractivity contribution in [1.82, 2.24) is 4.98 Å². The molecular formula is C12H10Cl2N2S. The Balaban J connectivity index is 2.28. The van der Waals surface area contributed by atoms with Crippen molar-refractivity contribution in [2.24, 2.45) is 5.73 Å². The number of hydrogen-bond donors (Lipinski definition) is 1. The van der Waals surface area contributed by atoms with Crippen LogP contribution in [0.4, 0.5) is 0 Å². The van der Waals surface area contributed by atoms with E-state index in [4.69, 9.17) is 28.9 Å². The molecule has 0 aliphatic carbocycles. The maximum Gasteiger partial charge on any atom is 0.105 e. The smallest absolute Gasteiger partial charge is 0.105 e. The molecule has 0 amide bonds. The second-order valence-electron chi connectivity index (χ2n) is 3.35. The number of nitrogens with zero attached hydrogens (tertiary/aromatic N) is 1. The molecule has 0 unspecified atom stereocenters. The normalized spacial score (nSPS) is 10.5. The van der Waals surface area contributed by atoms with E-state index < -0.39 is 0 Å². The summed E-state index contributed by atoms with van der Waals surface area (Å²) in [6, 6.07) is 9.35. The molecule has 0 bridgehead atoms. The molecule has 0 aliphatic rings. The van der Waals surface area contributed by atoms with E-state index in [2.05, 4.69) is 4.98 Å². The van der Waals surface area contributed by atoms with Gasteiger partial charge in [-0.1, -0.05) is 41.0 Å². The third kappa shape index (κ3) is 3.13. The van der Waals surface area contributed by atoms with Crippen molar-refractivity contribution in [1.29, 1.82) is 0 Å². The van der Waals surface area contributed by atoms with Crippen molar-refractivity contribution in [3.63, 3.8) is 0 Å². The van der Waals surface area contributed by atoms with Gasteiger partial charge in [0.2, 0.25) is 0 Å². The largest absolute Gasteiger partial charge is 0.326 e. The highest BCUT2D eigenvalue weighted by atomic mass is 35.5. The fourth-order valence-electron chi connectivity index (χ4n) is 1.32. The van der Waals surface area contributed by atoms with Crippen LogP contribution in [0, 0.1) is 0 Å². The maximum atomic E-state index is 5.96. The predicted molar refractivity (Wildman–Crippen MR) is 72.7 cm³/mol. The van der Waals surface area contributed by atoms with Gasteiger partial charge in [0.1, 0.15) is 5.03 Å². The summed E-state index contributed by atoms with van der Waals surface area (Å²) >= 11 is 13.4. The van der Waals surface area contributed by atoms with Crippen molar-refractivity contribution in [3.8, 4) is 0 Å². The van der Waals surface area contributed by atoms with Crippen LogP contribution in [0.2, 0.25) is 10.0 Å². The van der Waals surface area contributed by atoms with Crippen LogP contribution in [0.5, 0.6) is 0 Å². The minimum absolute atomic E-state index is 0.470.